The van der Waals surface area contributed by atoms with E-state index in [1.165, 1.54) is 0 Å². The number of aliphatic hydroxyl groups is 1. The zero-order chi connectivity index (χ0) is 10.2. The minimum absolute atomic E-state index is 2.21. The second-order valence-electron chi connectivity index (χ2n) is 2.09. The molecule has 2 atom stereocenters. The summed E-state index contributed by atoms with van der Waals surface area (Å²) >= 11 is 0. The number of halogens is 6. The molecule has 0 aliphatic rings. The third-order valence-corrected chi connectivity index (χ3v) is 1.07. The monoisotopic (exact) mass is 195 g/mol. The van der Waals surface area contributed by atoms with Gasteiger partial charge in [0.25, 0.3) is 6.17 Å². The maximum absolute atomic E-state index is 12.0. The van der Waals surface area contributed by atoms with E-state index >= 15 is 0 Å². The highest BCUT2D eigenvalue weighted by Gasteiger charge is 2.59. The van der Waals surface area contributed by atoms with Crippen LogP contribution in [0.3, 0.4) is 0 Å². The Hall–Kier alpha value is -0.460. The smallest absolute Gasteiger partial charge is 0.387 e. The lowest BCUT2D eigenvalue weighted by molar-refractivity contribution is -0.261. The maximum atomic E-state index is 12.0. The normalized spacial score (nSPS) is 19.0. The molecule has 0 rings (SSSR count). The van der Waals surface area contributed by atoms with Crippen LogP contribution in [-0.4, -0.2) is 29.5 Å². The molecule has 0 amide bonds. The van der Waals surface area contributed by atoms with Gasteiger partial charge in [0.1, 0.15) is 6.10 Å². The van der Waals surface area contributed by atoms with Gasteiger partial charge < -0.3 is 5.11 Å². The van der Waals surface area contributed by atoms with Gasteiger partial charge in [0.15, 0.2) is 0 Å². The Bertz CT molecular complexity index is 151. The zero-order valence-electron chi connectivity index (χ0n) is 5.58. The fraction of sp³-hybridized carbons (Fsp3) is 0.800. The Balaban J connectivity index is 4.57. The molecule has 0 saturated heterocycles. The quantitative estimate of drug-likeness (QED) is 0.665. The van der Waals surface area contributed by atoms with E-state index in [1.54, 1.807) is 0 Å². The Morgan fingerprint density at radius 1 is 1.08 bits per heavy atom. The summed E-state index contributed by atoms with van der Waals surface area (Å²) in [4.78, 5) is 0. The van der Waals surface area contributed by atoms with Crippen molar-refractivity contribution in [1.29, 1.82) is 0 Å². The molecule has 1 nitrogen and oxygen atoms in total. The van der Waals surface area contributed by atoms with E-state index < -0.39 is 24.4 Å². The summed E-state index contributed by atoms with van der Waals surface area (Å²) in [6.45, 7) is 2.21. The predicted molar refractivity (Wildman–Crippen MR) is 27.3 cm³/mol. The van der Waals surface area contributed by atoms with Crippen LogP contribution in [0.15, 0.2) is 0 Å². The van der Waals surface area contributed by atoms with Crippen molar-refractivity contribution in [2.24, 2.45) is 0 Å². The highest BCUT2D eigenvalue weighted by molar-refractivity contribution is 4.89. The summed E-state index contributed by atoms with van der Waals surface area (Å²) in [5.41, 5.74) is 0. The summed E-state index contributed by atoms with van der Waals surface area (Å²) in [7, 11) is 0. The van der Waals surface area contributed by atoms with E-state index in [0.717, 1.165) is 0 Å². The lowest BCUT2D eigenvalue weighted by atomic mass is 10.1. The maximum Gasteiger partial charge on any atom is 0.425 e. The molecule has 0 aromatic heterocycles. The van der Waals surface area contributed by atoms with E-state index in [-0.39, 0.29) is 0 Å². The molecular weight excluding hydrogens is 190 g/mol. The first-order valence-corrected chi connectivity index (χ1v) is 2.70. The zero-order valence-corrected chi connectivity index (χ0v) is 5.58. The van der Waals surface area contributed by atoms with Crippen molar-refractivity contribution >= 4 is 0 Å². The van der Waals surface area contributed by atoms with Crippen LogP contribution in [0.1, 0.15) is 0 Å². The number of alkyl halides is 6. The second-order valence-corrected chi connectivity index (χ2v) is 2.09. The molecule has 0 heterocycles. The first-order chi connectivity index (χ1) is 5.10. The molecule has 0 bridgehead atoms. The molecule has 0 aliphatic carbocycles. The van der Waals surface area contributed by atoms with E-state index in [9.17, 15) is 26.3 Å². The summed E-state index contributed by atoms with van der Waals surface area (Å²) < 4.78 is 69.9. The topological polar surface area (TPSA) is 20.2 Å². The van der Waals surface area contributed by atoms with Crippen molar-refractivity contribution < 1.29 is 31.4 Å². The van der Waals surface area contributed by atoms with Gasteiger partial charge in [-0.25, -0.2) is 13.2 Å². The van der Waals surface area contributed by atoms with Crippen molar-refractivity contribution in [3.63, 3.8) is 0 Å². The molecule has 0 spiro atoms. The van der Waals surface area contributed by atoms with Crippen LogP contribution in [0.2, 0.25) is 0 Å². The highest BCUT2D eigenvalue weighted by atomic mass is 19.4. The number of rotatable bonds is 2. The van der Waals surface area contributed by atoms with E-state index in [2.05, 4.69) is 6.92 Å². The van der Waals surface area contributed by atoms with Gasteiger partial charge in [0.2, 0.25) is 0 Å². The Labute approximate surface area is 64.0 Å². The van der Waals surface area contributed by atoms with Gasteiger partial charge in [0.05, 0.1) is 0 Å². The average Bonchev–Trinajstić information content (AvgIpc) is 1.83. The van der Waals surface area contributed by atoms with Gasteiger partial charge in [-0.2, -0.15) is 13.2 Å². The standard InChI is InChI=1S/C5H5F6O/c1-2(12)4(7,8)3(6)5(9,10)11/h2-3,12H,1H2. The molecule has 73 valence electrons. The Kier molecular flexibility index (Phi) is 3.00. The summed E-state index contributed by atoms with van der Waals surface area (Å²) in [6.07, 6.45) is -13.0. The first-order valence-electron chi connectivity index (χ1n) is 2.70. The molecular formula is C5H5F6O. The first kappa shape index (κ1) is 11.5. The van der Waals surface area contributed by atoms with Crippen molar-refractivity contribution in [3.05, 3.63) is 6.92 Å². The highest BCUT2D eigenvalue weighted by Crippen LogP contribution is 2.36. The molecule has 0 fully saturated rings. The minimum Gasteiger partial charge on any atom is -0.387 e. The second kappa shape index (κ2) is 3.12. The van der Waals surface area contributed by atoms with Gasteiger partial charge in [-0.3, -0.25) is 0 Å². The molecule has 2 unspecified atom stereocenters. The molecule has 0 aromatic carbocycles. The third kappa shape index (κ3) is 2.26. The van der Waals surface area contributed by atoms with Crippen molar-refractivity contribution in [1.82, 2.24) is 0 Å². The minimum atomic E-state index is -5.69. The van der Waals surface area contributed by atoms with Crippen LogP contribution >= 0.6 is 0 Å². The lowest BCUT2D eigenvalue weighted by Gasteiger charge is -2.24. The van der Waals surface area contributed by atoms with Gasteiger partial charge >= 0.3 is 12.1 Å². The average molecular weight is 195 g/mol. The number of hydrogen-bond acceptors (Lipinski definition) is 1. The molecule has 1 N–H and O–H groups in total. The lowest BCUT2D eigenvalue weighted by Crippen LogP contribution is -2.48. The van der Waals surface area contributed by atoms with Crippen LogP contribution < -0.4 is 0 Å². The fourth-order valence-corrected chi connectivity index (χ4v) is 0.387. The molecule has 7 heteroatoms. The number of aliphatic hydroxyl groups excluding tert-OH is 1. The molecule has 0 saturated carbocycles. The Morgan fingerprint density at radius 2 is 1.42 bits per heavy atom. The summed E-state index contributed by atoms with van der Waals surface area (Å²) in [5.74, 6) is -4.90. The van der Waals surface area contributed by atoms with E-state index in [0.29, 0.717) is 0 Å². The van der Waals surface area contributed by atoms with E-state index in [4.69, 9.17) is 5.11 Å². The molecule has 1 radical (unpaired) electrons. The third-order valence-electron chi connectivity index (χ3n) is 1.07. The molecule has 0 aromatic rings. The van der Waals surface area contributed by atoms with Gasteiger partial charge in [0, 0.05) is 0 Å². The van der Waals surface area contributed by atoms with E-state index in [1.807, 2.05) is 0 Å². The van der Waals surface area contributed by atoms with Gasteiger partial charge in [-0.05, 0) is 6.92 Å². The Morgan fingerprint density at radius 3 is 1.50 bits per heavy atom. The van der Waals surface area contributed by atoms with Crippen LogP contribution in [0.25, 0.3) is 0 Å². The van der Waals surface area contributed by atoms with Crippen molar-refractivity contribution in [2.45, 2.75) is 24.4 Å². The number of hydrogen-bond donors (Lipinski definition) is 1. The largest absolute Gasteiger partial charge is 0.425 e. The molecule has 0 aliphatic heterocycles. The van der Waals surface area contributed by atoms with Gasteiger partial charge in [-0.1, -0.05) is 0 Å². The summed E-state index contributed by atoms with van der Waals surface area (Å²) in [6, 6.07) is 0. The molecule has 12 heavy (non-hydrogen) atoms. The fourth-order valence-electron chi connectivity index (χ4n) is 0.387. The van der Waals surface area contributed by atoms with Crippen LogP contribution in [-0.2, 0) is 0 Å². The predicted octanol–water partition coefficient (Wildman–Crippen LogP) is 1.72. The van der Waals surface area contributed by atoms with Crippen LogP contribution in [0.5, 0.6) is 0 Å². The van der Waals surface area contributed by atoms with Crippen LogP contribution in [0, 0.1) is 6.92 Å². The summed E-state index contributed by atoms with van der Waals surface area (Å²) in [5, 5.41) is 8.01. The SMILES string of the molecule is [CH2]C(O)C(F)(F)C(F)C(F)(F)F. The van der Waals surface area contributed by atoms with Crippen molar-refractivity contribution in [3.8, 4) is 0 Å². The van der Waals surface area contributed by atoms with Gasteiger partial charge in [-0.15, -0.1) is 0 Å². The van der Waals surface area contributed by atoms with Crippen LogP contribution in [0.4, 0.5) is 26.3 Å². The van der Waals surface area contributed by atoms with Crippen molar-refractivity contribution in [2.75, 3.05) is 0 Å².